The van der Waals surface area contributed by atoms with Crippen LogP contribution < -0.4 is 0 Å². The Morgan fingerprint density at radius 1 is 1.18 bits per heavy atom. The molecule has 0 aromatic carbocycles. The Balaban J connectivity index is 1.66. The van der Waals surface area contributed by atoms with Gasteiger partial charge in [-0.15, -0.1) is 10.2 Å². The Morgan fingerprint density at radius 2 is 2.00 bits per heavy atom. The van der Waals surface area contributed by atoms with Gasteiger partial charge >= 0.3 is 0 Å². The zero-order valence-corrected chi connectivity index (χ0v) is 12.3. The first-order chi connectivity index (χ1) is 8.40. The van der Waals surface area contributed by atoms with Crippen LogP contribution in [0.15, 0.2) is 5.16 Å². The van der Waals surface area contributed by atoms with Crippen LogP contribution in [-0.2, 0) is 0 Å². The summed E-state index contributed by atoms with van der Waals surface area (Å²) in [6.07, 6.45) is 7.80. The summed E-state index contributed by atoms with van der Waals surface area (Å²) in [6, 6.07) is 0.722. The molecular weight excluding hydrogens is 298 g/mol. The number of aromatic nitrogens is 3. The lowest BCUT2D eigenvalue weighted by molar-refractivity contribution is 0.626. The molecular formula is C12H18BrN3S. The molecule has 94 valence electrons. The first-order valence-electron chi connectivity index (χ1n) is 6.53. The van der Waals surface area contributed by atoms with Gasteiger partial charge in [-0.2, -0.15) is 0 Å². The second kappa shape index (κ2) is 5.31. The first kappa shape index (κ1) is 12.0. The van der Waals surface area contributed by atoms with E-state index in [4.69, 9.17) is 0 Å². The number of unbranched alkanes of at least 4 members (excludes halogenated alkanes) is 1. The third-order valence-electron chi connectivity index (χ3n) is 3.30. The Labute approximate surface area is 115 Å². The average Bonchev–Trinajstić information content (AvgIpc) is 3.23. The highest BCUT2D eigenvalue weighted by Crippen LogP contribution is 2.45. The summed E-state index contributed by atoms with van der Waals surface area (Å²) in [5.41, 5.74) is 0. The predicted molar refractivity (Wildman–Crippen MR) is 74.0 cm³/mol. The number of thioether (sulfide) groups is 1. The van der Waals surface area contributed by atoms with Crippen molar-refractivity contribution >= 4 is 27.7 Å². The molecule has 0 amide bonds. The van der Waals surface area contributed by atoms with Crippen molar-refractivity contribution in [1.82, 2.24) is 14.8 Å². The quantitative estimate of drug-likeness (QED) is 0.436. The van der Waals surface area contributed by atoms with Gasteiger partial charge in [-0.3, -0.25) is 0 Å². The summed E-state index contributed by atoms with van der Waals surface area (Å²) >= 11 is 5.36. The minimum atomic E-state index is 0.722. The Hall–Kier alpha value is -0.0300. The van der Waals surface area contributed by atoms with Crippen LogP contribution >= 0.6 is 27.7 Å². The van der Waals surface area contributed by atoms with Crippen molar-refractivity contribution < 1.29 is 0 Å². The van der Waals surface area contributed by atoms with Gasteiger partial charge in [0.25, 0.3) is 0 Å². The SMILES string of the molecule is BrCCCCSc1nnc(C2CC2)n1C1CC1. The Bertz CT molecular complexity index is 385. The molecule has 0 unspecified atom stereocenters. The molecule has 17 heavy (non-hydrogen) atoms. The van der Waals surface area contributed by atoms with E-state index in [1.165, 1.54) is 55.3 Å². The maximum atomic E-state index is 4.42. The minimum absolute atomic E-state index is 0.722. The van der Waals surface area contributed by atoms with Crippen LogP contribution in [0.1, 0.15) is 56.3 Å². The van der Waals surface area contributed by atoms with Crippen molar-refractivity contribution in [1.29, 1.82) is 0 Å². The molecule has 2 saturated carbocycles. The fraction of sp³-hybridized carbons (Fsp3) is 0.833. The lowest BCUT2D eigenvalue weighted by atomic mass is 10.4. The normalized spacial score (nSPS) is 19.8. The van der Waals surface area contributed by atoms with Crippen LogP contribution in [0.2, 0.25) is 0 Å². The van der Waals surface area contributed by atoms with Gasteiger partial charge in [0.15, 0.2) is 5.16 Å². The summed E-state index contributed by atoms with van der Waals surface area (Å²) in [5.74, 6) is 3.16. The molecule has 0 saturated heterocycles. The van der Waals surface area contributed by atoms with Crippen LogP contribution in [0.25, 0.3) is 0 Å². The largest absolute Gasteiger partial charge is 0.303 e. The molecule has 0 bridgehead atoms. The molecule has 0 spiro atoms. The number of hydrogen-bond donors (Lipinski definition) is 0. The van der Waals surface area contributed by atoms with Gasteiger partial charge in [0.2, 0.25) is 0 Å². The van der Waals surface area contributed by atoms with Crippen molar-refractivity contribution in [3.05, 3.63) is 5.82 Å². The summed E-state index contributed by atoms with van der Waals surface area (Å²) in [7, 11) is 0. The van der Waals surface area contributed by atoms with Crippen molar-refractivity contribution in [2.75, 3.05) is 11.1 Å². The molecule has 0 radical (unpaired) electrons. The average molecular weight is 316 g/mol. The number of alkyl halides is 1. The summed E-state index contributed by atoms with van der Waals surface area (Å²) in [6.45, 7) is 0. The fourth-order valence-corrected chi connectivity index (χ4v) is 3.45. The smallest absolute Gasteiger partial charge is 0.191 e. The van der Waals surface area contributed by atoms with Gasteiger partial charge in [-0.1, -0.05) is 27.7 Å². The summed E-state index contributed by atoms with van der Waals surface area (Å²) in [4.78, 5) is 0. The van der Waals surface area contributed by atoms with Crippen LogP contribution in [0, 0.1) is 0 Å². The third kappa shape index (κ3) is 2.87. The number of rotatable bonds is 7. The summed E-state index contributed by atoms with van der Waals surface area (Å²) in [5, 5.41) is 11.1. The number of nitrogens with zero attached hydrogens (tertiary/aromatic N) is 3. The highest BCUT2D eigenvalue weighted by atomic mass is 79.9. The van der Waals surface area contributed by atoms with E-state index in [2.05, 4.69) is 30.7 Å². The topological polar surface area (TPSA) is 30.7 Å². The molecule has 0 N–H and O–H groups in total. The molecule has 5 heteroatoms. The maximum absolute atomic E-state index is 4.42. The van der Waals surface area contributed by atoms with E-state index >= 15 is 0 Å². The van der Waals surface area contributed by atoms with E-state index < -0.39 is 0 Å². The van der Waals surface area contributed by atoms with Gasteiger partial charge in [-0.05, 0) is 38.5 Å². The summed E-state index contributed by atoms with van der Waals surface area (Å²) < 4.78 is 2.44. The van der Waals surface area contributed by atoms with Crippen LogP contribution in [0.5, 0.6) is 0 Å². The fourth-order valence-electron chi connectivity index (χ4n) is 2.04. The van der Waals surface area contributed by atoms with E-state index in [0.717, 1.165) is 17.3 Å². The van der Waals surface area contributed by atoms with Gasteiger partial charge in [-0.25, -0.2) is 0 Å². The van der Waals surface area contributed by atoms with Crippen LogP contribution in [0.4, 0.5) is 0 Å². The van der Waals surface area contributed by atoms with Crippen molar-refractivity contribution in [2.45, 2.75) is 55.6 Å². The van der Waals surface area contributed by atoms with E-state index in [1.807, 2.05) is 11.8 Å². The van der Waals surface area contributed by atoms with Gasteiger partial charge < -0.3 is 4.57 Å². The van der Waals surface area contributed by atoms with Crippen molar-refractivity contribution in [3.8, 4) is 0 Å². The van der Waals surface area contributed by atoms with Crippen LogP contribution in [-0.4, -0.2) is 25.8 Å². The van der Waals surface area contributed by atoms with Gasteiger partial charge in [0.1, 0.15) is 5.82 Å². The van der Waals surface area contributed by atoms with Crippen molar-refractivity contribution in [2.24, 2.45) is 0 Å². The van der Waals surface area contributed by atoms with Gasteiger partial charge in [0.05, 0.1) is 0 Å². The minimum Gasteiger partial charge on any atom is -0.303 e. The maximum Gasteiger partial charge on any atom is 0.191 e. The van der Waals surface area contributed by atoms with E-state index in [0.29, 0.717) is 0 Å². The lowest BCUT2D eigenvalue weighted by Gasteiger charge is -2.07. The van der Waals surface area contributed by atoms with E-state index in [9.17, 15) is 0 Å². The van der Waals surface area contributed by atoms with Gasteiger partial charge in [0, 0.05) is 23.0 Å². The number of hydrogen-bond acceptors (Lipinski definition) is 3. The second-order valence-corrected chi connectivity index (χ2v) is 6.82. The predicted octanol–water partition coefficient (Wildman–Crippen LogP) is 3.76. The van der Waals surface area contributed by atoms with Crippen molar-refractivity contribution in [3.63, 3.8) is 0 Å². The van der Waals surface area contributed by atoms with E-state index in [1.54, 1.807) is 0 Å². The molecule has 0 aliphatic heterocycles. The molecule has 3 rings (SSSR count). The molecule has 2 fully saturated rings. The standard InChI is InChI=1S/C12H18BrN3S/c13-7-1-2-8-17-12-15-14-11(9-3-4-9)16(12)10-5-6-10/h9-10H,1-8H2. The Morgan fingerprint density at radius 3 is 2.65 bits per heavy atom. The lowest BCUT2D eigenvalue weighted by Crippen LogP contribution is -2.02. The van der Waals surface area contributed by atoms with Crippen LogP contribution in [0.3, 0.4) is 0 Å². The highest BCUT2D eigenvalue weighted by molar-refractivity contribution is 9.09. The third-order valence-corrected chi connectivity index (χ3v) is 4.89. The zero-order valence-electron chi connectivity index (χ0n) is 9.94. The monoisotopic (exact) mass is 315 g/mol. The molecule has 1 aromatic heterocycles. The molecule has 0 atom stereocenters. The second-order valence-electron chi connectivity index (χ2n) is 4.96. The zero-order chi connectivity index (χ0) is 11.7. The number of halogens is 1. The molecule has 2 aliphatic rings. The molecule has 2 aliphatic carbocycles. The van der Waals surface area contributed by atoms with E-state index in [-0.39, 0.29) is 0 Å². The Kier molecular flexibility index (Phi) is 3.75. The first-order valence-corrected chi connectivity index (χ1v) is 8.64. The molecule has 1 heterocycles. The highest BCUT2D eigenvalue weighted by Gasteiger charge is 2.36. The molecule has 3 nitrogen and oxygen atoms in total. The molecule has 1 aromatic rings.